The maximum absolute atomic E-state index is 12.3. The molecule has 19 heavy (non-hydrogen) atoms. The Morgan fingerprint density at radius 1 is 1.37 bits per heavy atom. The summed E-state index contributed by atoms with van der Waals surface area (Å²) < 4.78 is 28.4. The Balaban J connectivity index is 2.89. The molecule has 0 amide bonds. The summed E-state index contributed by atoms with van der Waals surface area (Å²) in [4.78, 5) is 11.4. The van der Waals surface area contributed by atoms with Gasteiger partial charge in [-0.05, 0) is 25.0 Å². The number of carboxylic acid groups (broad SMARTS) is 1. The molecular formula is C11H22N2O4S2. The first kappa shape index (κ1) is 16.7. The van der Waals surface area contributed by atoms with Crippen LogP contribution in [-0.2, 0) is 15.0 Å². The van der Waals surface area contributed by atoms with Crippen molar-refractivity contribution in [2.75, 3.05) is 24.6 Å². The van der Waals surface area contributed by atoms with Gasteiger partial charge < -0.3 is 5.11 Å². The minimum atomic E-state index is -3.74. The molecule has 0 radical (unpaired) electrons. The van der Waals surface area contributed by atoms with Crippen LogP contribution >= 0.6 is 11.8 Å². The van der Waals surface area contributed by atoms with Crippen LogP contribution in [-0.4, -0.2) is 53.9 Å². The molecule has 0 aliphatic carbocycles. The molecule has 1 unspecified atom stereocenters. The van der Waals surface area contributed by atoms with E-state index in [1.807, 2.05) is 13.8 Å². The van der Waals surface area contributed by atoms with Gasteiger partial charge in [-0.1, -0.05) is 13.8 Å². The zero-order chi connectivity index (χ0) is 14.5. The Labute approximate surface area is 119 Å². The molecule has 0 saturated carbocycles. The number of thioether (sulfide) groups is 1. The summed E-state index contributed by atoms with van der Waals surface area (Å²) in [5, 5.41) is 9.31. The van der Waals surface area contributed by atoms with Crippen LogP contribution in [0.1, 0.15) is 33.1 Å². The number of nitrogens with one attached hydrogen (secondary N) is 1. The molecule has 8 heteroatoms. The summed E-state index contributed by atoms with van der Waals surface area (Å²) in [6.45, 7) is 4.62. The Morgan fingerprint density at radius 3 is 2.32 bits per heavy atom. The summed E-state index contributed by atoms with van der Waals surface area (Å²) in [6.07, 6.45) is 1.74. The largest absolute Gasteiger partial charge is 0.480 e. The lowest BCUT2D eigenvalue weighted by molar-refractivity contribution is -0.143. The van der Waals surface area contributed by atoms with Gasteiger partial charge in [0, 0.05) is 18.8 Å². The van der Waals surface area contributed by atoms with Crippen molar-refractivity contribution in [3.8, 4) is 0 Å². The molecule has 0 bridgehead atoms. The third-order valence-corrected chi connectivity index (χ3v) is 5.92. The zero-order valence-corrected chi connectivity index (χ0v) is 13.0. The van der Waals surface area contributed by atoms with Gasteiger partial charge in [0.05, 0.1) is 0 Å². The van der Waals surface area contributed by atoms with Crippen molar-refractivity contribution in [3.63, 3.8) is 0 Å². The van der Waals surface area contributed by atoms with E-state index in [0.29, 0.717) is 38.1 Å². The maximum Gasteiger partial charge on any atom is 0.325 e. The van der Waals surface area contributed by atoms with Crippen LogP contribution in [0.25, 0.3) is 0 Å². The molecule has 6 nitrogen and oxygen atoms in total. The first-order chi connectivity index (χ1) is 8.88. The van der Waals surface area contributed by atoms with Crippen molar-refractivity contribution in [1.82, 2.24) is 9.03 Å². The molecule has 0 aromatic carbocycles. The van der Waals surface area contributed by atoms with Gasteiger partial charge in [0.2, 0.25) is 0 Å². The minimum Gasteiger partial charge on any atom is -0.480 e. The van der Waals surface area contributed by atoms with Crippen molar-refractivity contribution in [2.45, 2.75) is 38.6 Å². The van der Waals surface area contributed by atoms with Gasteiger partial charge in [-0.2, -0.15) is 29.2 Å². The molecule has 1 atom stereocenters. The number of carboxylic acids is 1. The van der Waals surface area contributed by atoms with E-state index in [4.69, 9.17) is 0 Å². The SMILES string of the molecule is CCCN(CCC)S(=O)(=O)NC1(C(=O)O)CCSC1. The fourth-order valence-electron chi connectivity index (χ4n) is 2.02. The van der Waals surface area contributed by atoms with Crippen LogP contribution in [0.5, 0.6) is 0 Å². The predicted molar refractivity (Wildman–Crippen MR) is 76.5 cm³/mol. The van der Waals surface area contributed by atoms with Gasteiger partial charge in [0.15, 0.2) is 0 Å². The zero-order valence-electron chi connectivity index (χ0n) is 11.4. The standard InChI is InChI=1S/C11H22N2O4S2/c1-3-6-13(7-4-2)19(16,17)12-11(10(14)15)5-8-18-9-11/h12H,3-9H2,1-2H3,(H,14,15). The molecule has 0 aromatic rings. The number of hydrogen-bond acceptors (Lipinski definition) is 4. The normalized spacial score (nSPS) is 23.9. The van der Waals surface area contributed by atoms with Crippen LogP contribution < -0.4 is 4.72 Å². The fourth-order valence-corrected chi connectivity index (χ4v) is 5.17. The van der Waals surface area contributed by atoms with Gasteiger partial charge in [-0.3, -0.25) is 4.79 Å². The minimum absolute atomic E-state index is 0.285. The van der Waals surface area contributed by atoms with Gasteiger partial charge in [0.25, 0.3) is 10.2 Å². The van der Waals surface area contributed by atoms with Crippen LogP contribution in [0.4, 0.5) is 0 Å². The molecular weight excluding hydrogens is 288 g/mol. The molecule has 2 N–H and O–H groups in total. The van der Waals surface area contributed by atoms with Crippen molar-refractivity contribution < 1.29 is 18.3 Å². The highest BCUT2D eigenvalue weighted by atomic mass is 32.2. The Bertz CT molecular complexity index is 399. The summed E-state index contributed by atoms with van der Waals surface area (Å²) >= 11 is 1.46. The highest BCUT2D eigenvalue weighted by Gasteiger charge is 2.46. The molecule has 1 aliphatic rings. The second-order valence-electron chi connectivity index (χ2n) is 4.70. The molecule has 0 spiro atoms. The quantitative estimate of drug-likeness (QED) is 0.696. The van der Waals surface area contributed by atoms with E-state index < -0.39 is 21.7 Å². The number of carbonyl (C=O) groups is 1. The first-order valence-electron chi connectivity index (χ1n) is 6.48. The van der Waals surface area contributed by atoms with E-state index in [1.165, 1.54) is 16.1 Å². The molecule has 0 aromatic heterocycles. The van der Waals surface area contributed by atoms with E-state index in [-0.39, 0.29) is 5.75 Å². The van der Waals surface area contributed by atoms with Crippen molar-refractivity contribution in [3.05, 3.63) is 0 Å². The average molecular weight is 310 g/mol. The van der Waals surface area contributed by atoms with Crippen LogP contribution in [0.3, 0.4) is 0 Å². The second-order valence-corrected chi connectivity index (χ2v) is 7.47. The van der Waals surface area contributed by atoms with Crippen molar-refractivity contribution >= 4 is 27.9 Å². The van der Waals surface area contributed by atoms with E-state index in [9.17, 15) is 18.3 Å². The third-order valence-electron chi connectivity index (χ3n) is 3.04. The molecule has 1 saturated heterocycles. The first-order valence-corrected chi connectivity index (χ1v) is 9.07. The smallest absolute Gasteiger partial charge is 0.325 e. The highest BCUT2D eigenvalue weighted by Crippen LogP contribution is 2.29. The Kier molecular flexibility index (Phi) is 6.10. The number of hydrogen-bond donors (Lipinski definition) is 2. The lowest BCUT2D eigenvalue weighted by atomic mass is 10.0. The lowest BCUT2D eigenvalue weighted by Crippen LogP contribution is -2.58. The van der Waals surface area contributed by atoms with Gasteiger partial charge in [-0.15, -0.1) is 0 Å². The van der Waals surface area contributed by atoms with Gasteiger partial charge in [0.1, 0.15) is 5.54 Å². The summed E-state index contributed by atoms with van der Waals surface area (Å²) in [6, 6.07) is 0. The summed E-state index contributed by atoms with van der Waals surface area (Å²) in [7, 11) is -3.74. The maximum atomic E-state index is 12.3. The molecule has 1 fully saturated rings. The number of aliphatic carboxylic acids is 1. The van der Waals surface area contributed by atoms with E-state index in [1.54, 1.807) is 0 Å². The fraction of sp³-hybridized carbons (Fsp3) is 0.909. The number of rotatable bonds is 8. The van der Waals surface area contributed by atoms with Crippen LogP contribution in [0, 0.1) is 0 Å². The van der Waals surface area contributed by atoms with Crippen LogP contribution in [0.15, 0.2) is 0 Å². The Morgan fingerprint density at radius 2 is 1.95 bits per heavy atom. The average Bonchev–Trinajstić information content (AvgIpc) is 2.78. The van der Waals surface area contributed by atoms with E-state index >= 15 is 0 Å². The molecule has 1 rings (SSSR count). The van der Waals surface area contributed by atoms with Gasteiger partial charge >= 0.3 is 5.97 Å². The molecule has 112 valence electrons. The third kappa shape index (κ3) is 4.08. The summed E-state index contributed by atoms with van der Waals surface area (Å²) in [5.74, 6) is -0.140. The van der Waals surface area contributed by atoms with Gasteiger partial charge in [-0.25, -0.2) is 0 Å². The van der Waals surface area contributed by atoms with E-state index in [0.717, 1.165) is 0 Å². The topological polar surface area (TPSA) is 86.7 Å². The Hall–Kier alpha value is -0.310. The highest BCUT2D eigenvalue weighted by molar-refractivity contribution is 7.99. The lowest BCUT2D eigenvalue weighted by Gasteiger charge is -2.29. The molecule has 1 aliphatic heterocycles. The van der Waals surface area contributed by atoms with Crippen molar-refractivity contribution in [1.29, 1.82) is 0 Å². The molecule has 1 heterocycles. The second kappa shape index (κ2) is 6.92. The van der Waals surface area contributed by atoms with Crippen LogP contribution in [0.2, 0.25) is 0 Å². The predicted octanol–water partition coefficient (Wildman–Crippen LogP) is 0.903. The summed E-state index contributed by atoms with van der Waals surface area (Å²) in [5.41, 5.74) is -1.34. The number of nitrogens with zero attached hydrogens (tertiary/aromatic N) is 1. The van der Waals surface area contributed by atoms with Crippen molar-refractivity contribution in [2.24, 2.45) is 0 Å². The monoisotopic (exact) mass is 310 g/mol. The van der Waals surface area contributed by atoms with E-state index in [2.05, 4.69) is 4.72 Å².